The van der Waals surface area contributed by atoms with Crippen LogP contribution < -0.4 is 0 Å². The Bertz CT molecular complexity index is 366. The standard InChI is InChI=1S/C8H8N4/c1-7-2-3-10-8(4-7)12-6-9-5-11-12/h2-6H,1H3. The molecule has 0 bridgehead atoms. The minimum Gasteiger partial charge on any atom is -0.237 e. The summed E-state index contributed by atoms with van der Waals surface area (Å²) in [4.78, 5) is 7.98. The van der Waals surface area contributed by atoms with E-state index in [2.05, 4.69) is 15.1 Å². The van der Waals surface area contributed by atoms with Crippen molar-refractivity contribution in [3.8, 4) is 5.82 Å². The Hall–Kier alpha value is -1.71. The van der Waals surface area contributed by atoms with E-state index in [1.54, 1.807) is 17.2 Å². The summed E-state index contributed by atoms with van der Waals surface area (Å²) in [6, 6.07) is 3.90. The molecule has 0 spiro atoms. The maximum atomic E-state index is 4.14. The van der Waals surface area contributed by atoms with Crippen LogP contribution in [0.4, 0.5) is 0 Å². The lowest BCUT2D eigenvalue weighted by Crippen LogP contribution is -1.97. The van der Waals surface area contributed by atoms with Crippen LogP contribution in [-0.2, 0) is 0 Å². The lowest BCUT2D eigenvalue weighted by Gasteiger charge is -1.98. The average Bonchev–Trinajstić information content (AvgIpc) is 2.56. The molecule has 4 nitrogen and oxygen atoms in total. The number of hydrogen-bond donors (Lipinski definition) is 0. The molecule has 4 heteroatoms. The van der Waals surface area contributed by atoms with Crippen LogP contribution in [0.1, 0.15) is 5.56 Å². The van der Waals surface area contributed by atoms with Gasteiger partial charge in [0.25, 0.3) is 0 Å². The van der Waals surface area contributed by atoms with Crippen molar-refractivity contribution >= 4 is 0 Å². The number of aromatic nitrogens is 4. The van der Waals surface area contributed by atoms with Crippen molar-refractivity contribution in [1.29, 1.82) is 0 Å². The van der Waals surface area contributed by atoms with Gasteiger partial charge in [-0.25, -0.2) is 14.6 Å². The van der Waals surface area contributed by atoms with Gasteiger partial charge in [-0.3, -0.25) is 0 Å². The Balaban J connectivity index is 2.48. The second-order valence-corrected chi connectivity index (χ2v) is 2.53. The van der Waals surface area contributed by atoms with Gasteiger partial charge in [-0.15, -0.1) is 0 Å². The number of pyridine rings is 1. The largest absolute Gasteiger partial charge is 0.237 e. The van der Waals surface area contributed by atoms with E-state index in [9.17, 15) is 0 Å². The molecule has 2 aromatic rings. The molecular weight excluding hydrogens is 152 g/mol. The van der Waals surface area contributed by atoms with E-state index >= 15 is 0 Å². The van der Waals surface area contributed by atoms with E-state index in [-0.39, 0.29) is 0 Å². The Kier molecular flexibility index (Phi) is 1.59. The zero-order chi connectivity index (χ0) is 8.39. The van der Waals surface area contributed by atoms with Gasteiger partial charge < -0.3 is 0 Å². The molecule has 12 heavy (non-hydrogen) atoms. The summed E-state index contributed by atoms with van der Waals surface area (Å²) in [6.07, 6.45) is 4.87. The zero-order valence-corrected chi connectivity index (χ0v) is 6.68. The summed E-state index contributed by atoms with van der Waals surface area (Å²) < 4.78 is 1.63. The summed E-state index contributed by atoms with van der Waals surface area (Å²) in [5.41, 5.74) is 1.16. The smallest absolute Gasteiger partial charge is 0.155 e. The highest BCUT2D eigenvalue weighted by molar-refractivity contribution is 5.24. The maximum absolute atomic E-state index is 4.14. The van der Waals surface area contributed by atoms with Crippen LogP contribution in [0.15, 0.2) is 31.0 Å². The molecule has 0 aliphatic heterocycles. The zero-order valence-electron chi connectivity index (χ0n) is 6.68. The molecule has 0 fully saturated rings. The second kappa shape index (κ2) is 2.73. The van der Waals surface area contributed by atoms with Gasteiger partial charge >= 0.3 is 0 Å². The molecule has 2 aromatic heterocycles. The van der Waals surface area contributed by atoms with Gasteiger partial charge in [-0.2, -0.15) is 5.10 Å². The molecular formula is C8H8N4. The summed E-state index contributed by atoms with van der Waals surface area (Å²) in [6.45, 7) is 2.02. The Labute approximate surface area is 69.9 Å². The van der Waals surface area contributed by atoms with E-state index in [0.717, 1.165) is 11.4 Å². The number of nitrogens with zero attached hydrogens (tertiary/aromatic N) is 4. The third kappa shape index (κ3) is 1.18. The molecule has 2 rings (SSSR count). The van der Waals surface area contributed by atoms with Gasteiger partial charge in [0.1, 0.15) is 12.7 Å². The molecule has 0 N–H and O–H groups in total. The predicted molar refractivity (Wildman–Crippen MR) is 43.9 cm³/mol. The van der Waals surface area contributed by atoms with Crippen molar-refractivity contribution in [3.05, 3.63) is 36.5 Å². The molecule has 0 saturated carbocycles. The fourth-order valence-corrected chi connectivity index (χ4v) is 0.972. The highest BCUT2D eigenvalue weighted by Crippen LogP contribution is 2.02. The third-order valence-electron chi connectivity index (χ3n) is 1.55. The van der Waals surface area contributed by atoms with Crippen LogP contribution >= 0.6 is 0 Å². The average molecular weight is 160 g/mol. The second-order valence-electron chi connectivity index (χ2n) is 2.53. The fraction of sp³-hybridized carbons (Fsp3) is 0.125. The lowest BCUT2D eigenvalue weighted by atomic mass is 10.3. The molecule has 2 heterocycles. The van der Waals surface area contributed by atoms with Gasteiger partial charge in [-0.05, 0) is 24.6 Å². The van der Waals surface area contributed by atoms with Crippen molar-refractivity contribution in [2.75, 3.05) is 0 Å². The van der Waals surface area contributed by atoms with Crippen molar-refractivity contribution in [2.24, 2.45) is 0 Å². The minimum absolute atomic E-state index is 0.799. The summed E-state index contributed by atoms with van der Waals surface area (Å²) in [5, 5.41) is 3.97. The van der Waals surface area contributed by atoms with Crippen LogP contribution in [0.25, 0.3) is 5.82 Å². The van der Waals surface area contributed by atoms with E-state index in [4.69, 9.17) is 0 Å². The van der Waals surface area contributed by atoms with Crippen molar-refractivity contribution in [1.82, 2.24) is 19.7 Å². The van der Waals surface area contributed by atoms with Gasteiger partial charge in [0.05, 0.1) is 0 Å². The number of hydrogen-bond acceptors (Lipinski definition) is 3. The molecule has 0 saturated heterocycles. The van der Waals surface area contributed by atoms with Crippen LogP contribution in [-0.4, -0.2) is 19.7 Å². The first kappa shape index (κ1) is 6.97. The molecule has 0 unspecified atom stereocenters. The number of rotatable bonds is 1. The van der Waals surface area contributed by atoms with Crippen LogP contribution in [0.3, 0.4) is 0 Å². The monoisotopic (exact) mass is 160 g/mol. The van der Waals surface area contributed by atoms with E-state index in [0.29, 0.717) is 0 Å². The Morgan fingerprint density at radius 3 is 3.00 bits per heavy atom. The van der Waals surface area contributed by atoms with E-state index in [1.165, 1.54) is 6.33 Å². The quantitative estimate of drug-likeness (QED) is 0.624. The van der Waals surface area contributed by atoms with Gasteiger partial charge in [0.2, 0.25) is 0 Å². The van der Waals surface area contributed by atoms with Crippen molar-refractivity contribution in [3.63, 3.8) is 0 Å². The van der Waals surface area contributed by atoms with E-state index < -0.39 is 0 Å². The molecule has 60 valence electrons. The molecule has 0 aromatic carbocycles. The van der Waals surface area contributed by atoms with Gasteiger partial charge in [0, 0.05) is 6.20 Å². The van der Waals surface area contributed by atoms with Crippen molar-refractivity contribution < 1.29 is 0 Å². The molecule has 0 radical (unpaired) electrons. The topological polar surface area (TPSA) is 43.6 Å². The van der Waals surface area contributed by atoms with Crippen LogP contribution in [0, 0.1) is 6.92 Å². The SMILES string of the molecule is Cc1ccnc(-n2cncn2)c1. The van der Waals surface area contributed by atoms with Crippen molar-refractivity contribution in [2.45, 2.75) is 6.92 Å². The highest BCUT2D eigenvalue weighted by Gasteiger charge is 1.96. The Morgan fingerprint density at radius 1 is 1.42 bits per heavy atom. The lowest BCUT2D eigenvalue weighted by molar-refractivity contribution is 0.843. The Morgan fingerprint density at radius 2 is 2.33 bits per heavy atom. The molecule has 0 aliphatic carbocycles. The minimum atomic E-state index is 0.799. The molecule has 0 amide bonds. The van der Waals surface area contributed by atoms with E-state index in [1.807, 2.05) is 19.1 Å². The summed E-state index contributed by atoms with van der Waals surface area (Å²) >= 11 is 0. The van der Waals surface area contributed by atoms with Gasteiger partial charge in [0.15, 0.2) is 5.82 Å². The highest BCUT2D eigenvalue weighted by atomic mass is 15.3. The summed E-state index contributed by atoms with van der Waals surface area (Å²) in [5.74, 6) is 0.799. The first-order valence-electron chi connectivity index (χ1n) is 3.64. The maximum Gasteiger partial charge on any atom is 0.155 e. The van der Waals surface area contributed by atoms with Crippen LogP contribution in [0.5, 0.6) is 0 Å². The third-order valence-corrected chi connectivity index (χ3v) is 1.55. The number of aryl methyl sites for hydroxylation is 1. The van der Waals surface area contributed by atoms with Crippen LogP contribution in [0.2, 0.25) is 0 Å². The first-order chi connectivity index (χ1) is 5.86. The molecule has 0 atom stereocenters. The van der Waals surface area contributed by atoms with Gasteiger partial charge in [-0.1, -0.05) is 0 Å². The molecule has 0 aliphatic rings. The summed E-state index contributed by atoms with van der Waals surface area (Å²) in [7, 11) is 0. The normalized spacial score (nSPS) is 10.1. The fourth-order valence-electron chi connectivity index (χ4n) is 0.972. The first-order valence-corrected chi connectivity index (χ1v) is 3.64. The predicted octanol–water partition coefficient (Wildman–Crippen LogP) is 0.971.